The van der Waals surface area contributed by atoms with Gasteiger partial charge in [0.2, 0.25) is 0 Å². The minimum atomic E-state index is 0.742. The maximum absolute atomic E-state index is 11.1. The zero-order chi connectivity index (χ0) is 12.5. The van der Waals surface area contributed by atoms with E-state index < -0.39 is 0 Å². The molecule has 2 nitrogen and oxygen atoms in total. The first-order valence-corrected chi connectivity index (χ1v) is 6.63. The third-order valence-electron chi connectivity index (χ3n) is 3.30. The number of fused-ring (bicyclic) bond motifs is 1. The van der Waals surface area contributed by atoms with Gasteiger partial charge in [-0.05, 0) is 29.3 Å². The lowest BCUT2D eigenvalue weighted by Gasteiger charge is -2.19. The SMILES string of the molecule is O=Cc1ccc(Br)cc1N1Cc2ccccc2C1. The lowest BCUT2D eigenvalue weighted by Crippen LogP contribution is -2.16. The Morgan fingerprint density at radius 3 is 2.33 bits per heavy atom. The van der Waals surface area contributed by atoms with Gasteiger partial charge in [-0.3, -0.25) is 4.79 Å². The summed E-state index contributed by atoms with van der Waals surface area (Å²) in [4.78, 5) is 13.4. The second-order valence-electron chi connectivity index (χ2n) is 4.45. The predicted octanol–water partition coefficient (Wildman–Crippen LogP) is 3.78. The molecule has 90 valence electrons. The molecular formula is C15H12BrNO. The van der Waals surface area contributed by atoms with Gasteiger partial charge in [-0.15, -0.1) is 0 Å². The van der Waals surface area contributed by atoms with Crippen LogP contribution >= 0.6 is 15.9 Å². The van der Waals surface area contributed by atoms with Crippen molar-refractivity contribution >= 4 is 27.9 Å². The second kappa shape index (κ2) is 4.58. The van der Waals surface area contributed by atoms with Crippen LogP contribution in [-0.2, 0) is 13.1 Å². The van der Waals surface area contributed by atoms with E-state index in [1.165, 1.54) is 11.1 Å². The molecule has 0 radical (unpaired) electrons. The van der Waals surface area contributed by atoms with Gasteiger partial charge in [0.25, 0.3) is 0 Å². The summed E-state index contributed by atoms with van der Waals surface area (Å²) in [5.41, 5.74) is 4.42. The summed E-state index contributed by atoms with van der Waals surface area (Å²) in [5.74, 6) is 0. The van der Waals surface area contributed by atoms with Crippen molar-refractivity contribution in [1.29, 1.82) is 0 Å². The topological polar surface area (TPSA) is 20.3 Å². The predicted molar refractivity (Wildman–Crippen MR) is 75.9 cm³/mol. The number of benzene rings is 2. The van der Waals surface area contributed by atoms with Crippen molar-refractivity contribution in [2.24, 2.45) is 0 Å². The summed E-state index contributed by atoms with van der Waals surface area (Å²) >= 11 is 3.47. The Balaban J connectivity index is 1.99. The lowest BCUT2D eigenvalue weighted by atomic mass is 10.1. The minimum Gasteiger partial charge on any atom is -0.362 e. The van der Waals surface area contributed by atoms with Gasteiger partial charge in [-0.25, -0.2) is 0 Å². The van der Waals surface area contributed by atoms with E-state index >= 15 is 0 Å². The maximum atomic E-state index is 11.1. The third kappa shape index (κ3) is 1.95. The van der Waals surface area contributed by atoms with E-state index in [2.05, 4.69) is 45.1 Å². The molecule has 0 spiro atoms. The van der Waals surface area contributed by atoms with Crippen LogP contribution in [0.2, 0.25) is 0 Å². The number of hydrogen-bond donors (Lipinski definition) is 0. The molecule has 0 atom stereocenters. The van der Waals surface area contributed by atoms with Crippen LogP contribution in [-0.4, -0.2) is 6.29 Å². The van der Waals surface area contributed by atoms with Gasteiger partial charge in [0.1, 0.15) is 0 Å². The van der Waals surface area contributed by atoms with Gasteiger partial charge in [0, 0.05) is 28.8 Å². The van der Waals surface area contributed by atoms with Crippen LogP contribution in [0, 0.1) is 0 Å². The molecule has 0 aliphatic carbocycles. The van der Waals surface area contributed by atoms with Crippen molar-refractivity contribution in [3.05, 3.63) is 63.6 Å². The van der Waals surface area contributed by atoms with Crippen molar-refractivity contribution in [2.45, 2.75) is 13.1 Å². The Bertz CT molecular complexity index is 584. The van der Waals surface area contributed by atoms with Crippen molar-refractivity contribution in [2.75, 3.05) is 4.90 Å². The van der Waals surface area contributed by atoms with E-state index in [-0.39, 0.29) is 0 Å². The Hall–Kier alpha value is -1.61. The van der Waals surface area contributed by atoms with E-state index in [9.17, 15) is 4.79 Å². The number of carbonyl (C=O) groups is 1. The summed E-state index contributed by atoms with van der Waals surface area (Å²) in [6, 6.07) is 14.2. The number of rotatable bonds is 2. The quantitative estimate of drug-likeness (QED) is 0.787. The number of nitrogens with zero attached hydrogens (tertiary/aromatic N) is 1. The molecule has 0 fully saturated rings. The highest BCUT2D eigenvalue weighted by atomic mass is 79.9. The largest absolute Gasteiger partial charge is 0.362 e. The van der Waals surface area contributed by atoms with Gasteiger partial charge in [0.15, 0.2) is 6.29 Å². The van der Waals surface area contributed by atoms with E-state index in [1.54, 1.807) is 0 Å². The van der Waals surface area contributed by atoms with Gasteiger partial charge >= 0.3 is 0 Å². The smallest absolute Gasteiger partial charge is 0.152 e. The number of carbonyl (C=O) groups excluding carboxylic acids is 1. The molecule has 1 aliphatic rings. The first kappa shape index (κ1) is 11.5. The van der Waals surface area contributed by atoms with Crippen LogP contribution in [0.5, 0.6) is 0 Å². The fourth-order valence-corrected chi connectivity index (χ4v) is 2.74. The molecule has 2 aromatic rings. The monoisotopic (exact) mass is 301 g/mol. The molecule has 0 aromatic heterocycles. The van der Waals surface area contributed by atoms with Crippen LogP contribution in [0.3, 0.4) is 0 Å². The molecule has 18 heavy (non-hydrogen) atoms. The van der Waals surface area contributed by atoms with Gasteiger partial charge in [-0.1, -0.05) is 40.2 Å². The molecule has 0 saturated heterocycles. The molecule has 3 heteroatoms. The average molecular weight is 302 g/mol. The summed E-state index contributed by atoms with van der Waals surface area (Å²) in [6.07, 6.45) is 0.921. The molecule has 3 rings (SSSR count). The standard InChI is InChI=1S/C15H12BrNO/c16-14-6-5-13(10-18)15(7-14)17-8-11-3-1-2-4-12(11)9-17/h1-7,10H,8-9H2. The van der Waals surface area contributed by atoms with Crippen LogP contribution in [0.15, 0.2) is 46.9 Å². The van der Waals surface area contributed by atoms with E-state index in [4.69, 9.17) is 0 Å². The zero-order valence-corrected chi connectivity index (χ0v) is 11.4. The van der Waals surface area contributed by atoms with Crippen LogP contribution in [0.25, 0.3) is 0 Å². The molecule has 1 aliphatic heterocycles. The molecular weight excluding hydrogens is 290 g/mol. The van der Waals surface area contributed by atoms with Crippen molar-refractivity contribution in [1.82, 2.24) is 0 Å². The van der Waals surface area contributed by atoms with Crippen molar-refractivity contribution in [3.8, 4) is 0 Å². The van der Waals surface area contributed by atoms with Crippen LogP contribution < -0.4 is 4.90 Å². The maximum Gasteiger partial charge on any atom is 0.152 e. The second-order valence-corrected chi connectivity index (χ2v) is 5.36. The first-order chi connectivity index (χ1) is 8.78. The van der Waals surface area contributed by atoms with Crippen molar-refractivity contribution < 1.29 is 4.79 Å². The molecule has 1 heterocycles. The van der Waals surface area contributed by atoms with Gasteiger partial charge in [-0.2, -0.15) is 0 Å². The minimum absolute atomic E-state index is 0.742. The molecule has 2 aromatic carbocycles. The fourth-order valence-electron chi connectivity index (χ4n) is 2.39. The Labute approximate surface area is 114 Å². The van der Waals surface area contributed by atoms with Crippen molar-refractivity contribution in [3.63, 3.8) is 0 Å². The molecule has 0 unspecified atom stereocenters. The normalized spacial score (nSPS) is 13.5. The average Bonchev–Trinajstić information content (AvgIpc) is 2.82. The van der Waals surface area contributed by atoms with Crippen LogP contribution in [0.1, 0.15) is 21.5 Å². The summed E-state index contributed by atoms with van der Waals surface area (Å²) < 4.78 is 0.999. The zero-order valence-electron chi connectivity index (χ0n) is 9.77. The number of anilines is 1. The molecule has 0 amide bonds. The lowest BCUT2D eigenvalue weighted by molar-refractivity contribution is 0.112. The summed E-state index contributed by atoms with van der Waals surface area (Å²) in [6.45, 7) is 1.74. The Morgan fingerprint density at radius 2 is 1.72 bits per heavy atom. The van der Waals surface area contributed by atoms with E-state index in [0.717, 1.165) is 35.1 Å². The number of aldehydes is 1. The molecule has 0 N–H and O–H groups in total. The fraction of sp³-hybridized carbons (Fsp3) is 0.133. The Kier molecular flexibility index (Phi) is 2.92. The van der Waals surface area contributed by atoms with E-state index in [1.807, 2.05) is 18.2 Å². The highest BCUT2D eigenvalue weighted by molar-refractivity contribution is 9.10. The summed E-state index contributed by atoms with van der Waals surface area (Å²) in [7, 11) is 0. The number of halogens is 1. The first-order valence-electron chi connectivity index (χ1n) is 5.84. The third-order valence-corrected chi connectivity index (χ3v) is 3.79. The molecule has 0 saturated carbocycles. The van der Waals surface area contributed by atoms with Gasteiger partial charge < -0.3 is 4.90 Å². The highest BCUT2D eigenvalue weighted by Crippen LogP contribution is 2.31. The summed E-state index contributed by atoms with van der Waals surface area (Å²) in [5, 5.41) is 0. The number of hydrogen-bond acceptors (Lipinski definition) is 2. The Morgan fingerprint density at radius 1 is 1.06 bits per heavy atom. The molecule has 0 bridgehead atoms. The van der Waals surface area contributed by atoms with Gasteiger partial charge in [0.05, 0.1) is 0 Å². The van der Waals surface area contributed by atoms with Crippen LogP contribution in [0.4, 0.5) is 5.69 Å². The highest BCUT2D eigenvalue weighted by Gasteiger charge is 2.20. The van der Waals surface area contributed by atoms with E-state index in [0.29, 0.717) is 0 Å².